The summed E-state index contributed by atoms with van der Waals surface area (Å²) in [5.41, 5.74) is 8.13. The van der Waals surface area contributed by atoms with Gasteiger partial charge in [0.1, 0.15) is 0 Å². The minimum atomic E-state index is 0.854. The molecular weight excluding hydrogens is 354 g/mol. The third-order valence-corrected chi connectivity index (χ3v) is 4.92. The summed E-state index contributed by atoms with van der Waals surface area (Å²) in [5.74, 6) is 0. The topological polar surface area (TPSA) is 37.8 Å². The van der Waals surface area contributed by atoms with Crippen LogP contribution in [0.15, 0.2) is 109 Å². The Morgan fingerprint density at radius 3 is 2.03 bits per heavy atom. The van der Waals surface area contributed by atoms with Crippen molar-refractivity contribution in [2.75, 3.05) is 5.32 Å². The van der Waals surface area contributed by atoms with Gasteiger partial charge in [-0.1, -0.05) is 72.8 Å². The maximum atomic E-state index is 4.80. The molecule has 3 nitrogen and oxygen atoms in total. The molecule has 0 fully saturated rings. The van der Waals surface area contributed by atoms with Gasteiger partial charge in [-0.15, -0.1) is 0 Å². The molecule has 0 atom stereocenters. The number of nitrogens with zero attached hydrogens (tertiary/aromatic N) is 2. The average molecular weight is 373 g/mol. The molecule has 1 N–H and O–H groups in total. The number of hydrogen-bond acceptors (Lipinski definition) is 3. The minimum Gasteiger partial charge on any atom is -0.355 e. The van der Waals surface area contributed by atoms with E-state index in [-0.39, 0.29) is 0 Å². The fourth-order valence-corrected chi connectivity index (χ4v) is 3.43. The number of benzene rings is 4. The molecule has 1 aromatic heterocycles. The van der Waals surface area contributed by atoms with Crippen LogP contribution in [0.2, 0.25) is 0 Å². The molecule has 0 aliphatic heterocycles. The zero-order valence-corrected chi connectivity index (χ0v) is 15.8. The molecule has 29 heavy (non-hydrogen) atoms. The molecule has 0 aliphatic carbocycles. The zero-order valence-electron chi connectivity index (χ0n) is 15.8. The molecular formula is C26H19N3. The van der Waals surface area contributed by atoms with Gasteiger partial charge in [-0.2, -0.15) is 0 Å². The summed E-state index contributed by atoms with van der Waals surface area (Å²) in [6.07, 6.45) is 1.83. The van der Waals surface area contributed by atoms with Crippen molar-refractivity contribution in [1.29, 1.82) is 0 Å². The van der Waals surface area contributed by atoms with Gasteiger partial charge in [0.05, 0.1) is 22.9 Å². The number of para-hydroxylation sites is 3. The van der Waals surface area contributed by atoms with Crippen molar-refractivity contribution in [3.63, 3.8) is 0 Å². The van der Waals surface area contributed by atoms with E-state index in [2.05, 4.69) is 71.0 Å². The Labute approximate surface area is 169 Å². The Bertz CT molecular complexity index is 1260. The van der Waals surface area contributed by atoms with Gasteiger partial charge >= 0.3 is 0 Å². The Hall–Kier alpha value is -3.98. The fraction of sp³-hybridized carbons (Fsp3) is 0. The number of anilines is 2. The lowest BCUT2D eigenvalue weighted by Gasteiger charge is -2.12. The van der Waals surface area contributed by atoms with E-state index in [9.17, 15) is 0 Å². The van der Waals surface area contributed by atoms with Crippen LogP contribution in [0.3, 0.4) is 0 Å². The summed E-state index contributed by atoms with van der Waals surface area (Å²) in [7, 11) is 0. The van der Waals surface area contributed by atoms with Gasteiger partial charge in [0.2, 0.25) is 0 Å². The molecule has 0 saturated heterocycles. The summed E-state index contributed by atoms with van der Waals surface area (Å²) < 4.78 is 0. The first-order valence-electron chi connectivity index (χ1n) is 9.60. The second-order valence-electron chi connectivity index (χ2n) is 6.86. The third-order valence-electron chi connectivity index (χ3n) is 4.92. The van der Waals surface area contributed by atoms with Crippen LogP contribution >= 0.6 is 0 Å². The van der Waals surface area contributed by atoms with E-state index in [4.69, 9.17) is 4.98 Å². The number of nitrogens with one attached hydrogen (secondary N) is 1. The smallest absolute Gasteiger partial charge is 0.0913 e. The van der Waals surface area contributed by atoms with Crippen LogP contribution < -0.4 is 5.32 Å². The number of hydrogen-bond donors (Lipinski definition) is 1. The highest BCUT2D eigenvalue weighted by Crippen LogP contribution is 2.30. The van der Waals surface area contributed by atoms with Crippen LogP contribution in [-0.4, -0.2) is 9.97 Å². The molecule has 0 amide bonds. The zero-order chi connectivity index (χ0) is 19.5. The number of fused-ring (bicyclic) bond motifs is 1. The molecule has 0 aliphatic rings. The van der Waals surface area contributed by atoms with Crippen molar-refractivity contribution >= 4 is 22.4 Å². The van der Waals surface area contributed by atoms with Crippen molar-refractivity contribution in [2.45, 2.75) is 0 Å². The Morgan fingerprint density at radius 1 is 0.552 bits per heavy atom. The highest BCUT2D eigenvalue weighted by molar-refractivity contribution is 5.83. The quantitative estimate of drug-likeness (QED) is 0.380. The van der Waals surface area contributed by atoms with Gasteiger partial charge in [0.25, 0.3) is 0 Å². The molecule has 1 heterocycles. The highest BCUT2D eigenvalue weighted by atomic mass is 14.9. The molecule has 4 aromatic carbocycles. The van der Waals surface area contributed by atoms with Crippen LogP contribution in [0.25, 0.3) is 33.4 Å². The molecule has 3 heteroatoms. The molecule has 0 spiro atoms. The number of aromatic nitrogens is 2. The molecule has 0 radical (unpaired) electrons. The molecule has 5 aromatic rings. The highest BCUT2D eigenvalue weighted by Gasteiger charge is 2.08. The summed E-state index contributed by atoms with van der Waals surface area (Å²) in [6.45, 7) is 0. The second kappa shape index (κ2) is 7.56. The first-order chi connectivity index (χ1) is 14.4. The Morgan fingerprint density at radius 2 is 1.21 bits per heavy atom. The van der Waals surface area contributed by atoms with Crippen LogP contribution in [0.4, 0.5) is 11.4 Å². The van der Waals surface area contributed by atoms with Crippen molar-refractivity contribution < 1.29 is 0 Å². The first kappa shape index (κ1) is 17.1. The largest absolute Gasteiger partial charge is 0.355 e. The fourth-order valence-electron chi connectivity index (χ4n) is 3.43. The number of rotatable bonds is 4. The molecule has 0 saturated carbocycles. The lowest BCUT2D eigenvalue weighted by molar-refractivity contribution is 1.29. The van der Waals surface area contributed by atoms with Gasteiger partial charge in [-0.05, 0) is 41.5 Å². The van der Waals surface area contributed by atoms with Gasteiger partial charge in [-0.25, -0.2) is 4.98 Å². The maximum Gasteiger partial charge on any atom is 0.0913 e. The lowest BCUT2D eigenvalue weighted by atomic mass is 10.1. The van der Waals surface area contributed by atoms with E-state index in [1.54, 1.807) is 0 Å². The summed E-state index contributed by atoms with van der Waals surface area (Å²) in [4.78, 5) is 9.36. The molecule has 138 valence electrons. The Kier molecular flexibility index (Phi) is 4.47. The SMILES string of the molecule is c1ccc(-c2ccc(Nc3ccccc3-c3cnc4ccccc4n3)cc2)cc1. The monoisotopic (exact) mass is 373 g/mol. The summed E-state index contributed by atoms with van der Waals surface area (Å²) in [5, 5.41) is 3.53. The van der Waals surface area contributed by atoms with Crippen LogP contribution in [0, 0.1) is 0 Å². The van der Waals surface area contributed by atoms with Crippen molar-refractivity contribution in [2.24, 2.45) is 0 Å². The Balaban J connectivity index is 1.46. The molecule has 5 rings (SSSR count). The third kappa shape index (κ3) is 3.58. The van der Waals surface area contributed by atoms with E-state index in [0.717, 1.165) is 33.7 Å². The predicted molar refractivity (Wildman–Crippen MR) is 120 cm³/mol. The van der Waals surface area contributed by atoms with E-state index < -0.39 is 0 Å². The van der Waals surface area contributed by atoms with Crippen molar-refractivity contribution in [3.05, 3.63) is 109 Å². The van der Waals surface area contributed by atoms with Crippen LogP contribution in [-0.2, 0) is 0 Å². The van der Waals surface area contributed by atoms with Gasteiger partial charge in [0.15, 0.2) is 0 Å². The lowest BCUT2D eigenvalue weighted by Crippen LogP contribution is -1.95. The van der Waals surface area contributed by atoms with Crippen LogP contribution in [0.5, 0.6) is 0 Å². The normalized spacial score (nSPS) is 10.8. The predicted octanol–water partition coefficient (Wildman–Crippen LogP) is 6.71. The van der Waals surface area contributed by atoms with E-state index in [0.29, 0.717) is 0 Å². The van der Waals surface area contributed by atoms with E-state index >= 15 is 0 Å². The average Bonchev–Trinajstić information content (AvgIpc) is 2.80. The molecule has 0 unspecified atom stereocenters. The first-order valence-corrected chi connectivity index (χ1v) is 9.60. The standard InChI is InChI=1S/C26H19N3/c1-2-8-19(9-3-1)20-14-16-21(17-15-20)28-23-11-5-4-10-22(23)26-18-27-24-12-6-7-13-25(24)29-26/h1-18,28H. The van der Waals surface area contributed by atoms with Crippen molar-refractivity contribution in [3.8, 4) is 22.4 Å². The second-order valence-corrected chi connectivity index (χ2v) is 6.86. The van der Waals surface area contributed by atoms with Gasteiger partial charge in [-0.3, -0.25) is 4.98 Å². The maximum absolute atomic E-state index is 4.80. The minimum absolute atomic E-state index is 0.854. The summed E-state index contributed by atoms with van der Waals surface area (Å²) in [6, 6.07) is 35.0. The summed E-state index contributed by atoms with van der Waals surface area (Å²) >= 11 is 0. The van der Waals surface area contributed by atoms with Gasteiger partial charge in [0, 0.05) is 16.9 Å². The van der Waals surface area contributed by atoms with Crippen LogP contribution in [0.1, 0.15) is 0 Å². The van der Waals surface area contributed by atoms with Gasteiger partial charge < -0.3 is 5.32 Å². The van der Waals surface area contributed by atoms with E-state index in [1.165, 1.54) is 11.1 Å². The van der Waals surface area contributed by atoms with E-state index in [1.807, 2.05) is 48.7 Å². The molecule has 0 bridgehead atoms. The van der Waals surface area contributed by atoms with Crippen molar-refractivity contribution in [1.82, 2.24) is 9.97 Å².